The summed E-state index contributed by atoms with van der Waals surface area (Å²) in [7, 11) is 0. The van der Waals surface area contributed by atoms with Gasteiger partial charge in [0, 0.05) is 6.04 Å². The van der Waals surface area contributed by atoms with Crippen LogP contribution in [0.1, 0.15) is 6.92 Å². The molecule has 0 aromatic heterocycles. The fourth-order valence-electron chi connectivity index (χ4n) is 0.660. The van der Waals surface area contributed by atoms with Crippen molar-refractivity contribution in [2.24, 2.45) is 0 Å². The molecule has 0 amide bonds. The number of alkyl halides is 1. The molecule has 48 valence electrons. The Balaban J connectivity index is 2.19. The number of ether oxygens (including phenoxy) is 1. The second-order valence-corrected chi connectivity index (χ2v) is 2.05. The van der Waals surface area contributed by atoms with Crippen molar-refractivity contribution < 1.29 is 9.13 Å². The van der Waals surface area contributed by atoms with Gasteiger partial charge in [0.1, 0.15) is 0 Å². The molecule has 1 rings (SSSR count). The van der Waals surface area contributed by atoms with Gasteiger partial charge in [-0.25, -0.2) is 4.39 Å². The summed E-state index contributed by atoms with van der Waals surface area (Å²) in [6, 6.07) is 0.307. The molecule has 0 spiro atoms. The Morgan fingerprint density at radius 1 is 1.75 bits per heavy atom. The molecular weight excluding hydrogens is 109 g/mol. The molecule has 0 saturated carbocycles. The van der Waals surface area contributed by atoms with Gasteiger partial charge in [-0.1, -0.05) is 0 Å². The minimum absolute atomic E-state index is 0.307. The summed E-state index contributed by atoms with van der Waals surface area (Å²) < 4.78 is 16.7. The van der Waals surface area contributed by atoms with Gasteiger partial charge in [0.2, 0.25) is 6.36 Å². The van der Waals surface area contributed by atoms with Gasteiger partial charge in [-0.15, -0.1) is 0 Å². The lowest BCUT2D eigenvalue weighted by Crippen LogP contribution is -2.42. The highest BCUT2D eigenvalue weighted by Crippen LogP contribution is 1.99. The van der Waals surface area contributed by atoms with Crippen molar-refractivity contribution in [2.75, 3.05) is 13.2 Å². The third kappa shape index (κ3) is 1.42. The van der Waals surface area contributed by atoms with Crippen molar-refractivity contribution in [3.05, 3.63) is 0 Å². The molecule has 1 heterocycles. The zero-order valence-electron chi connectivity index (χ0n) is 4.86. The Morgan fingerprint density at radius 3 is 2.88 bits per heavy atom. The van der Waals surface area contributed by atoms with Gasteiger partial charge in [0.05, 0.1) is 13.2 Å². The lowest BCUT2D eigenvalue weighted by molar-refractivity contribution is -0.0703. The lowest BCUT2D eigenvalue weighted by atomic mass is 10.3. The Morgan fingerprint density at radius 2 is 2.50 bits per heavy atom. The summed E-state index contributed by atoms with van der Waals surface area (Å²) in [4.78, 5) is 0. The van der Waals surface area contributed by atoms with E-state index in [1.54, 1.807) is 0 Å². The van der Waals surface area contributed by atoms with Gasteiger partial charge in [-0.3, -0.25) is 0 Å². The molecule has 0 aromatic carbocycles. The van der Waals surface area contributed by atoms with E-state index < -0.39 is 6.36 Å². The van der Waals surface area contributed by atoms with Crippen LogP contribution in [0.5, 0.6) is 0 Å². The molecule has 8 heavy (non-hydrogen) atoms. The van der Waals surface area contributed by atoms with Crippen molar-refractivity contribution in [2.45, 2.75) is 19.3 Å². The average molecular weight is 119 g/mol. The third-order valence-corrected chi connectivity index (χ3v) is 1.15. The van der Waals surface area contributed by atoms with Crippen LogP contribution >= 0.6 is 0 Å². The van der Waals surface area contributed by atoms with Crippen molar-refractivity contribution in [3.8, 4) is 0 Å². The normalized spacial score (nSPS) is 39.8. The van der Waals surface area contributed by atoms with Crippen LogP contribution in [0.4, 0.5) is 4.39 Å². The molecular formula is C5H10FNO. The average Bonchev–Trinajstić information content (AvgIpc) is 1.77. The molecule has 2 nitrogen and oxygen atoms in total. The summed E-state index contributed by atoms with van der Waals surface area (Å²) in [5.74, 6) is 0. The van der Waals surface area contributed by atoms with Crippen molar-refractivity contribution in [1.29, 1.82) is 0 Å². The molecule has 0 aliphatic carbocycles. The summed E-state index contributed by atoms with van der Waals surface area (Å²) in [6.45, 7) is 2.79. The monoisotopic (exact) mass is 119 g/mol. The van der Waals surface area contributed by atoms with Crippen molar-refractivity contribution in [3.63, 3.8) is 0 Å². The molecule has 1 fully saturated rings. The summed E-state index contributed by atoms with van der Waals surface area (Å²) >= 11 is 0. The maximum absolute atomic E-state index is 12.1. The molecule has 1 aliphatic rings. The third-order valence-electron chi connectivity index (χ3n) is 1.15. The second kappa shape index (κ2) is 2.42. The SMILES string of the molecule is CC1COC(F)CN1. The number of rotatable bonds is 0. The highest BCUT2D eigenvalue weighted by atomic mass is 19.1. The molecule has 1 N–H and O–H groups in total. The molecule has 1 saturated heterocycles. The highest BCUT2D eigenvalue weighted by Gasteiger charge is 2.15. The lowest BCUT2D eigenvalue weighted by Gasteiger charge is -2.22. The topological polar surface area (TPSA) is 21.3 Å². The van der Waals surface area contributed by atoms with Gasteiger partial charge >= 0.3 is 0 Å². The number of hydrogen-bond donors (Lipinski definition) is 1. The van der Waals surface area contributed by atoms with Crippen LogP contribution in [0.3, 0.4) is 0 Å². The minimum Gasteiger partial charge on any atom is -0.345 e. The predicted octanol–water partition coefficient (Wildman–Crippen LogP) is 0.290. The van der Waals surface area contributed by atoms with E-state index in [1.807, 2.05) is 6.92 Å². The van der Waals surface area contributed by atoms with Crippen LogP contribution in [-0.4, -0.2) is 25.6 Å². The molecule has 0 aromatic rings. The van der Waals surface area contributed by atoms with Crippen LogP contribution in [0.25, 0.3) is 0 Å². The molecule has 2 atom stereocenters. The maximum atomic E-state index is 12.1. The van der Waals surface area contributed by atoms with Gasteiger partial charge < -0.3 is 10.1 Å². The highest BCUT2D eigenvalue weighted by molar-refractivity contribution is 4.65. The summed E-state index contributed by atoms with van der Waals surface area (Å²) in [5, 5.41) is 2.93. The van der Waals surface area contributed by atoms with E-state index in [-0.39, 0.29) is 0 Å². The Labute approximate surface area is 48.0 Å². The maximum Gasteiger partial charge on any atom is 0.211 e. The zero-order chi connectivity index (χ0) is 5.98. The quantitative estimate of drug-likeness (QED) is 0.495. The minimum atomic E-state index is -1.09. The first-order chi connectivity index (χ1) is 3.79. The first-order valence-corrected chi connectivity index (χ1v) is 2.78. The molecule has 2 unspecified atom stereocenters. The standard InChI is InChI=1S/C5H10FNO/c1-4-3-8-5(6)2-7-4/h4-5,7H,2-3H2,1H3. The largest absolute Gasteiger partial charge is 0.345 e. The number of halogens is 1. The van der Waals surface area contributed by atoms with E-state index in [0.717, 1.165) is 0 Å². The van der Waals surface area contributed by atoms with Crippen LogP contribution in [0.2, 0.25) is 0 Å². The number of morpholine rings is 1. The molecule has 1 aliphatic heterocycles. The van der Waals surface area contributed by atoms with Gasteiger partial charge in [0.25, 0.3) is 0 Å². The Hall–Kier alpha value is -0.150. The first kappa shape index (κ1) is 5.98. The van der Waals surface area contributed by atoms with Crippen LogP contribution in [0.15, 0.2) is 0 Å². The van der Waals surface area contributed by atoms with Crippen LogP contribution < -0.4 is 5.32 Å². The first-order valence-electron chi connectivity index (χ1n) is 2.78. The van der Waals surface area contributed by atoms with Crippen molar-refractivity contribution in [1.82, 2.24) is 5.32 Å². The van der Waals surface area contributed by atoms with Crippen molar-refractivity contribution >= 4 is 0 Å². The fourth-order valence-corrected chi connectivity index (χ4v) is 0.660. The Kier molecular flexibility index (Phi) is 1.81. The van der Waals surface area contributed by atoms with Gasteiger partial charge in [-0.2, -0.15) is 0 Å². The molecule has 0 radical (unpaired) electrons. The number of nitrogens with one attached hydrogen (secondary N) is 1. The van der Waals surface area contributed by atoms with E-state index in [2.05, 4.69) is 10.1 Å². The van der Waals surface area contributed by atoms with E-state index in [1.165, 1.54) is 0 Å². The van der Waals surface area contributed by atoms with E-state index in [0.29, 0.717) is 19.2 Å². The van der Waals surface area contributed by atoms with Crippen LogP contribution in [-0.2, 0) is 4.74 Å². The molecule has 0 bridgehead atoms. The van der Waals surface area contributed by atoms with E-state index in [4.69, 9.17) is 0 Å². The van der Waals surface area contributed by atoms with E-state index >= 15 is 0 Å². The zero-order valence-corrected chi connectivity index (χ0v) is 4.86. The van der Waals surface area contributed by atoms with Gasteiger partial charge in [0.15, 0.2) is 0 Å². The summed E-state index contributed by atoms with van der Waals surface area (Å²) in [6.07, 6.45) is -1.09. The Bertz CT molecular complexity index is 60.8. The van der Waals surface area contributed by atoms with Gasteiger partial charge in [-0.05, 0) is 6.92 Å². The van der Waals surface area contributed by atoms with E-state index in [9.17, 15) is 4.39 Å². The number of hydrogen-bond acceptors (Lipinski definition) is 2. The predicted molar refractivity (Wildman–Crippen MR) is 28.3 cm³/mol. The smallest absolute Gasteiger partial charge is 0.211 e. The van der Waals surface area contributed by atoms with Crippen LogP contribution in [0, 0.1) is 0 Å². The summed E-state index contributed by atoms with van der Waals surface area (Å²) in [5.41, 5.74) is 0. The molecule has 3 heteroatoms. The fraction of sp³-hybridized carbons (Fsp3) is 1.00. The second-order valence-electron chi connectivity index (χ2n) is 2.05.